The molecule has 0 atom stereocenters. The van der Waals surface area contributed by atoms with E-state index in [1.807, 2.05) is 0 Å². The Bertz CT molecular complexity index is 121. The zero-order valence-corrected chi connectivity index (χ0v) is 6.54. The Hall–Kier alpha value is -0.220. The van der Waals surface area contributed by atoms with E-state index in [-0.39, 0.29) is 6.54 Å². The van der Waals surface area contributed by atoms with E-state index in [1.165, 1.54) is 11.6 Å². The third-order valence-corrected chi connectivity index (χ3v) is 1.11. The standard InChI is InChI=1S/C6H9ClF3N/c7-3-1-4-11-5-2-6(8,9)10/h1,3,11H,2,4-5H2/b3-1+. The van der Waals surface area contributed by atoms with Gasteiger partial charge < -0.3 is 5.32 Å². The zero-order valence-electron chi connectivity index (χ0n) is 5.79. The first-order valence-corrected chi connectivity index (χ1v) is 3.52. The van der Waals surface area contributed by atoms with Gasteiger partial charge in [-0.25, -0.2) is 0 Å². The van der Waals surface area contributed by atoms with Crippen LogP contribution < -0.4 is 5.32 Å². The van der Waals surface area contributed by atoms with Gasteiger partial charge in [0.2, 0.25) is 0 Å². The molecule has 0 spiro atoms. The molecule has 0 unspecified atom stereocenters. The molecule has 0 aromatic carbocycles. The summed E-state index contributed by atoms with van der Waals surface area (Å²) in [5.74, 6) is 0. The molecule has 0 aliphatic carbocycles. The molecule has 0 amide bonds. The van der Waals surface area contributed by atoms with E-state index in [1.54, 1.807) is 0 Å². The maximum atomic E-state index is 11.5. The van der Waals surface area contributed by atoms with Crippen LogP contribution in [0.1, 0.15) is 6.42 Å². The fraction of sp³-hybridized carbons (Fsp3) is 0.667. The first-order valence-electron chi connectivity index (χ1n) is 3.09. The highest BCUT2D eigenvalue weighted by Crippen LogP contribution is 2.17. The Morgan fingerprint density at radius 3 is 2.45 bits per heavy atom. The van der Waals surface area contributed by atoms with Crippen LogP contribution in [0.2, 0.25) is 0 Å². The lowest BCUT2D eigenvalue weighted by atomic mass is 10.4. The maximum Gasteiger partial charge on any atom is 0.390 e. The molecule has 1 N–H and O–H groups in total. The molecule has 1 nitrogen and oxygen atoms in total. The second-order valence-electron chi connectivity index (χ2n) is 1.93. The summed E-state index contributed by atoms with van der Waals surface area (Å²) in [5, 5.41) is 2.55. The molecule has 0 aromatic rings. The summed E-state index contributed by atoms with van der Waals surface area (Å²) < 4.78 is 34.4. The summed E-state index contributed by atoms with van der Waals surface area (Å²) in [6, 6.07) is 0. The third-order valence-electron chi connectivity index (χ3n) is 0.937. The van der Waals surface area contributed by atoms with Crippen molar-refractivity contribution >= 4 is 11.6 Å². The molecule has 0 radical (unpaired) electrons. The smallest absolute Gasteiger partial charge is 0.313 e. The number of alkyl halides is 3. The topological polar surface area (TPSA) is 12.0 Å². The maximum absolute atomic E-state index is 11.5. The fourth-order valence-electron chi connectivity index (χ4n) is 0.460. The summed E-state index contributed by atoms with van der Waals surface area (Å²) in [7, 11) is 0. The fourth-order valence-corrected chi connectivity index (χ4v) is 0.549. The minimum atomic E-state index is -4.07. The van der Waals surface area contributed by atoms with Crippen LogP contribution in [-0.4, -0.2) is 19.3 Å². The van der Waals surface area contributed by atoms with Gasteiger partial charge in [0.1, 0.15) is 0 Å². The van der Waals surface area contributed by atoms with Gasteiger partial charge in [-0.1, -0.05) is 17.7 Å². The Labute approximate surface area is 68.2 Å². The molecular weight excluding hydrogens is 179 g/mol. The lowest BCUT2D eigenvalue weighted by Crippen LogP contribution is -2.21. The van der Waals surface area contributed by atoms with Gasteiger partial charge in [-0.05, 0) is 0 Å². The van der Waals surface area contributed by atoms with E-state index in [0.29, 0.717) is 6.54 Å². The predicted octanol–water partition coefficient (Wildman–Crippen LogP) is 2.28. The normalized spacial score (nSPS) is 12.7. The lowest BCUT2D eigenvalue weighted by molar-refractivity contribution is -0.133. The summed E-state index contributed by atoms with van der Waals surface area (Å²) in [6.07, 6.45) is -3.33. The average Bonchev–Trinajstić information content (AvgIpc) is 1.85. The van der Waals surface area contributed by atoms with Gasteiger partial charge in [0.15, 0.2) is 0 Å². The van der Waals surface area contributed by atoms with Gasteiger partial charge >= 0.3 is 6.18 Å². The predicted molar refractivity (Wildman–Crippen MR) is 38.5 cm³/mol. The second-order valence-corrected chi connectivity index (χ2v) is 2.18. The van der Waals surface area contributed by atoms with E-state index < -0.39 is 12.6 Å². The number of hydrogen-bond donors (Lipinski definition) is 1. The van der Waals surface area contributed by atoms with Gasteiger partial charge in [-0.2, -0.15) is 13.2 Å². The highest BCUT2D eigenvalue weighted by atomic mass is 35.5. The molecule has 0 heterocycles. The summed E-state index contributed by atoms with van der Waals surface area (Å²) in [4.78, 5) is 0. The Balaban J connectivity index is 3.15. The van der Waals surface area contributed by atoms with Crippen LogP contribution in [0.25, 0.3) is 0 Å². The monoisotopic (exact) mass is 187 g/mol. The van der Waals surface area contributed by atoms with Crippen LogP contribution in [0.15, 0.2) is 11.6 Å². The molecule has 66 valence electrons. The van der Waals surface area contributed by atoms with E-state index in [9.17, 15) is 13.2 Å². The quantitative estimate of drug-likeness (QED) is 0.666. The second kappa shape index (κ2) is 5.43. The molecule has 11 heavy (non-hydrogen) atoms. The van der Waals surface area contributed by atoms with Crippen molar-refractivity contribution in [1.82, 2.24) is 5.32 Å². The van der Waals surface area contributed by atoms with Crippen LogP contribution in [0, 0.1) is 0 Å². The van der Waals surface area contributed by atoms with Gasteiger partial charge in [-0.15, -0.1) is 0 Å². The highest BCUT2D eigenvalue weighted by molar-refractivity contribution is 6.25. The molecule has 0 rings (SSSR count). The van der Waals surface area contributed by atoms with Crippen LogP contribution in [0.4, 0.5) is 13.2 Å². The van der Waals surface area contributed by atoms with Crippen molar-refractivity contribution in [2.24, 2.45) is 0 Å². The average molecular weight is 188 g/mol. The van der Waals surface area contributed by atoms with Crippen LogP contribution in [0.3, 0.4) is 0 Å². The van der Waals surface area contributed by atoms with Crippen LogP contribution >= 0.6 is 11.6 Å². The SMILES string of the molecule is FC(F)(F)CCNC/C=C/Cl. The van der Waals surface area contributed by atoms with Crippen molar-refractivity contribution in [3.05, 3.63) is 11.6 Å². The van der Waals surface area contributed by atoms with Gasteiger partial charge in [-0.3, -0.25) is 0 Å². The van der Waals surface area contributed by atoms with Crippen LogP contribution in [0.5, 0.6) is 0 Å². The van der Waals surface area contributed by atoms with Crippen molar-refractivity contribution in [2.75, 3.05) is 13.1 Å². The summed E-state index contributed by atoms with van der Waals surface area (Å²) in [5.41, 5.74) is 1.26. The largest absolute Gasteiger partial charge is 0.390 e. The van der Waals surface area contributed by atoms with Gasteiger partial charge in [0, 0.05) is 18.6 Å². The molecule has 0 saturated heterocycles. The van der Waals surface area contributed by atoms with Crippen LogP contribution in [-0.2, 0) is 0 Å². The first-order chi connectivity index (χ1) is 5.06. The summed E-state index contributed by atoms with van der Waals surface area (Å²) >= 11 is 5.13. The third kappa shape index (κ3) is 9.78. The van der Waals surface area contributed by atoms with Crippen molar-refractivity contribution in [3.8, 4) is 0 Å². The number of nitrogens with one attached hydrogen (secondary N) is 1. The molecule has 0 aromatic heterocycles. The molecule has 0 aliphatic rings. The molecule has 0 saturated carbocycles. The van der Waals surface area contributed by atoms with Crippen molar-refractivity contribution in [1.29, 1.82) is 0 Å². The zero-order chi connectivity index (χ0) is 8.74. The highest BCUT2D eigenvalue weighted by Gasteiger charge is 2.25. The van der Waals surface area contributed by atoms with Crippen molar-refractivity contribution in [2.45, 2.75) is 12.6 Å². The van der Waals surface area contributed by atoms with Crippen molar-refractivity contribution < 1.29 is 13.2 Å². The summed E-state index contributed by atoms with van der Waals surface area (Å²) in [6.45, 7) is 0.310. The minimum Gasteiger partial charge on any atom is -0.313 e. The Morgan fingerprint density at radius 1 is 1.36 bits per heavy atom. The van der Waals surface area contributed by atoms with E-state index in [2.05, 4.69) is 5.32 Å². The molecule has 0 fully saturated rings. The Kier molecular flexibility index (Phi) is 5.32. The minimum absolute atomic E-state index is 0.0648. The number of halogens is 4. The van der Waals surface area contributed by atoms with Gasteiger partial charge in [0.25, 0.3) is 0 Å². The molecule has 5 heteroatoms. The number of hydrogen-bond acceptors (Lipinski definition) is 1. The Morgan fingerprint density at radius 2 is 2.00 bits per heavy atom. The molecule has 0 aliphatic heterocycles. The molecular formula is C6H9ClF3N. The van der Waals surface area contributed by atoms with Crippen molar-refractivity contribution in [3.63, 3.8) is 0 Å². The first kappa shape index (κ1) is 10.8. The van der Waals surface area contributed by atoms with E-state index in [0.717, 1.165) is 0 Å². The molecule has 0 bridgehead atoms. The van der Waals surface area contributed by atoms with Gasteiger partial charge in [0.05, 0.1) is 6.42 Å². The number of rotatable bonds is 4. The van der Waals surface area contributed by atoms with E-state index in [4.69, 9.17) is 11.6 Å². The van der Waals surface area contributed by atoms with E-state index >= 15 is 0 Å². The lowest BCUT2D eigenvalue weighted by Gasteiger charge is -2.05.